The third-order valence-electron chi connectivity index (χ3n) is 2.28. The van der Waals surface area contributed by atoms with Crippen LogP contribution < -0.4 is 0 Å². The van der Waals surface area contributed by atoms with Gasteiger partial charge in [0.2, 0.25) is 10.9 Å². The molecule has 0 saturated carbocycles. The molecule has 7 nitrogen and oxygen atoms in total. The number of hydroxylamine groups is 1. The number of aromatic carboxylic acids is 1. The maximum Gasteiger partial charge on any atom is 0.371 e. The SMILES string of the molecule is O=C(O)c1ccc(S(=O)(=O)N2CCCCO2)o1. The number of carboxylic acid groups (broad SMARTS) is 1. The first-order valence-electron chi connectivity index (χ1n) is 5.00. The van der Waals surface area contributed by atoms with E-state index in [0.717, 1.165) is 23.0 Å². The van der Waals surface area contributed by atoms with Crippen LogP contribution in [-0.4, -0.2) is 37.1 Å². The fourth-order valence-corrected chi connectivity index (χ4v) is 2.66. The Morgan fingerprint density at radius 1 is 1.35 bits per heavy atom. The van der Waals surface area contributed by atoms with Crippen molar-refractivity contribution in [1.82, 2.24) is 4.47 Å². The van der Waals surface area contributed by atoms with Gasteiger partial charge in [-0.2, -0.15) is 0 Å². The average Bonchev–Trinajstić information content (AvgIpc) is 2.80. The topological polar surface area (TPSA) is 97.0 Å². The van der Waals surface area contributed by atoms with Crippen molar-refractivity contribution < 1.29 is 27.6 Å². The lowest BCUT2D eigenvalue weighted by atomic mass is 10.3. The molecule has 1 aromatic heterocycles. The normalized spacial score (nSPS) is 18.1. The molecule has 0 bridgehead atoms. The number of carboxylic acids is 1. The lowest BCUT2D eigenvalue weighted by Gasteiger charge is -2.23. The number of hydrogen-bond donors (Lipinski definition) is 1. The zero-order valence-corrected chi connectivity index (χ0v) is 9.64. The van der Waals surface area contributed by atoms with Crippen LogP contribution in [0, 0.1) is 0 Å². The molecule has 0 spiro atoms. The van der Waals surface area contributed by atoms with Gasteiger partial charge in [-0.1, -0.05) is 4.47 Å². The first kappa shape index (κ1) is 12.1. The minimum absolute atomic E-state index is 0.242. The van der Waals surface area contributed by atoms with Crippen LogP contribution in [0.2, 0.25) is 0 Å². The van der Waals surface area contributed by atoms with Gasteiger partial charge in [-0.25, -0.2) is 13.2 Å². The summed E-state index contributed by atoms with van der Waals surface area (Å²) in [6, 6.07) is 2.20. The third-order valence-corrected chi connectivity index (χ3v) is 3.84. The van der Waals surface area contributed by atoms with E-state index in [1.807, 2.05) is 0 Å². The van der Waals surface area contributed by atoms with E-state index in [9.17, 15) is 13.2 Å². The first-order valence-corrected chi connectivity index (χ1v) is 6.44. The molecule has 8 heteroatoms. The van der Waals surface area contributed by atoms with E-state index in [-0.39, 0.29) is 6.54 Å². The van der Waals surface area contributed by atoms with E-state index in [0.29, 0.717) is 13.0 Å². The molecule has 1 fully saturated rings. The van der Waals surface area contributed by atoms with Crippen LogP contribution in [-0.2, 0) is 14.9 Å². The van der Waals surface area contributed by atoms with Gasteiger partial charge in [0.05, 0.1) is 6.61 Å². The quantitative estimate of drug-likeness (QED) is 0.859. The van der Waals surface area contributed by atoms with E-state index < -0.39 is 26.8 Å². The largest absolute Gasteiger partial charge is 0.475 e. The third kappa shape index (κ3) is 2.33. The second-order valence-corrected chi connectivity index (χ2v) is 5.26. The molecule has 1 aromatic rings. The first-order chi connectivity index (χ1) is 8.01. The molecule has 2 rings (SSSR count). The van der Waals surface area contributed by atoms with Gasteiger partial charge < -0.3 is 9.52 Å². The number of furan rings is 1. The summed E-state index contributed by atoms with van der Waals surface area (Å²) in [7, 11) is -3.89. The summed E-state index contributed by atoms with van der Waals surface area (Å²) in [5, 5.41) is 8.22. The molecule has 0 unspecified atom stereocenters. The van der Waals surface area contributed by atoms with Crippen molar-refractivity contribution in [3.8, 4) is 0 Å². The highest BCUT2D eigenvalue weighted by atomic mass is 32.2. The standard InChI is InChI=1S/C9H11NO6S/c11-9(12)7-3-4-8(16-7)17(13,14)10-5-1-2-6-15-10/h3-4H,1-2,5-6H2,(H,11,12). The fourth-order valence-electron chi connectivity index (χ4n) is 1.44. The molecule has 0 atom stereocenters. The molecular formula is C9H11NO6S. The summed E-state index contributed by atoms with van der Waals surface area (Å²) >= 11 is 0. The second-order valence-electron chi connectivity index (χ2n) is 3.50. The molecule has 0 amide bonds. The summed E-state index contributed by atoms with van der Waals surface area (Å²) in [5.74, 6) is -1.73. The van der Waals surface area contributed by atoms with E-state index in [1.54, 1.807) is 0 Å². The van der Waals surface area contributed by atoms with Crippen molar-refractivity contribution in [2.45, 2.75) is 17.9 Å². The summed E-state index contributed by atoms with van der Waals surface area (Å²) in [4.78, 5) is 15.6. The molecule has 1 saturated heterocycles. The molecule has 2 heterocycles. The van der Waals surface area contributed by atoms with Crippen molar-refractivity contribution >= 4 is 16.0 Å². The van der Waals surface area contributed by atoms with Gasteiger partial charge in [0.1, 0.15) is 0 Å². The lowest BCUT2D eigenvalue weighted by Crippen LogP contribution is -2.35. The van der Waals surface area contributed by atoms with Crippen molar-refractivity contribution in [2.75, 3.05) is 13.2 Å². The monoisotopic (exact) mass is 261 g/mol. The van der Waals surface area contributed by atoms with E-state index in [1.165, 1.54) is 0 Å². The summed E-state index contributed by atoms with van der Waals surface area (Å²) < 4.78 is 29.5. The van der Waals surface area contributed by atoms with Crippen LogP contribution >= 0.6 is 0 Å². The van der Waals surface area contributed by atoms with E-state index in [2.05, 4.69) is 0 Å². The molecule has 17 heavy (non-hydrogen) atoms. The maximum absolute atomic E-state index is 11.9. The van der Waals surface area contributed by atoms with Crippen molar-refractivity contribution in [3.63, 3.8) is 0 Å². The van der Waals surface area contributed by atoms with Gasteiger partial charge in [-0.05, 0) is 25.0 Å². The molecule has 0 aromatic carbocycles. The average molecular weight is 261 g/mol. The molecule has 1 aliphatic heterocycles. The van der Waals surface area contributed by atoms with Crippen molar-refractivity contribution in [2.24, 2.45) is 0 Å². The van der Waals surface area contributed by atoms with Crippen LogP contribution in [0.3, 0.4) is 0 Å². The highest BCUT2D eigenvalue weighted by Crippen LogP contribution is 2.21. The Bertz CT molecular complexity index is 513. The minimum Gasteiger partial charge on any atom is -0.475 e. The number of rotatable bonds is 3. The molecule has 0 aliphatic carbocycles. The molecule has 1 N–H and O–H groups in total. The summed E-state index contributed by atoms with van der Waals surface area (Å²) in [5.41, 5.74) is 0. The van der Waals surface area contributed by atoms with Gasteiger partial charge in [-0.3, -0.25) is 4.84 Å². The Kier molecular flexibility index (Phi) is 3.18. The zero-order chi connectivity index (χ0) is 12.5. The Balaban J connectivity index is 2.27. The molecular weight excluding hydrogens is 250 g/mol. The number of hydrogen-bond acceptors (Lipinski definition) is 5. The van der Waals surface area contributed by atoms with Crippen LogP contribution in [0.15, 0.2) is 21.6 Å². The zero-order valence-electron chi connectivity index (χ0n) is 8.83. The van der Waals surface area contributed by atoms with Crippen LogP contribution in [0.5, 0.6) is 0 Å². The van der Waals surface area contributed by atoms with Crippen molar-refractivity contribution in [1.29, 1.82) is 0 Å². The number of carbonyl (C=O) groups is 1. The summed E-state index contributed by atoms with van der Waals surface area (Å²) in [6.07, 6.45) is 1.50. The van der Waals surface area contributed by atoms with E-state index in [4.69, 9.17) is 14.4 Å². The Hall–Kier alpha value is -1.38. The van der Waals surface area contributed by atoms with Crippen LogP contribution in [0.1, 0.15) is 23.4 Å². The number of nitrogens with zero attached hydrogens (tertiary/aromatic N) is 1. The lowest BCUT2D eigenvalue weighted by molar-refractivity contribution is -0.109. The molecule has 1 aliphatic rings. The predicted octanol–water partition coefficient (Wildman–Crippen LogP) is 0.694. The van der Waals surface area contributed by atoms with Crippen molar-refractivity contribution in [3.05, 3.63) is 17.9 Å². The fraction of sp³-hybridized carbons (Fsp3) is 0.444. The van der Waals surface area contributed by atoms with Gasteiger partial charge >= 0.3 is 5.97 Å². The highest BCUT2D eigenvalue weighted by Gasteiger charge is 2.31. The smallest absolute Gasteiger partial charge is 0.371 e. The van der Waals surface area contributed by atoms with Gasteiger partial charge in [0, 0.05) is 6.54 Å². The molecule has 94 valence electrons. The van der Waals surface area contributed by atoms with Gasteiger partial charge in [0.15, 0.2) is 0 Å². The van der Waals surface area contributed by atoms with Crippen LogP contribution in [0.4, 0.5) is 0 Å². The van der Waals surface area contributed by atoms with Gasteiger partial charge in [0.25, 0.3) is 10.0 Å². The van der Waals surface area contributed by atoms with E-state index >= 15 is 0 Å². The Morgan fingerprint density at radius 2 is 2.12 bits per heavy atom. The second kappa shape index (κ2) is 4.47. The highest BCUT2D eigenvalue weighted by molar-refractivity contribution is 7.88. The predicted molar refractivity (Wildman–Crippen MR) is 54.7 cm³/mol. The van der Waals surface area contributed by atoms with Crippen LogP contribution in [0.25, 0.3) is 0 Å². The maximum atomic E-state index is 11.9. The van der Waals surface area contributed by atoms with Gasteiger partial charge in [-0.15, -0.1) is 0 Å². The number of sulfonamides is 1. The molecule has 0 radical (unpaired) electrons. The minimum atomic E-state index is -3.89. The Morgan fingerprint density at radius 3 is 2.65 bits per heavy atom. The summed E-state index contributed by atoms with van der Waals surface area (Å²) in [6.45, 7) is 0.567. The Labute approximate surface area is 97.6 Å².